The first-order valence-corrected chi connectivity index (χ1v) is 12.5. The zero-order chi connectivity index (χ0) is 24.6. The van der Waals surface area contributed by atoms with Gasteiger partial charge in [-0.25, -0.2) is 4.79 Å². The number of benzene rings is 1. The summed E-state index contributed by atoms with van der Waals surface area (Å²) in [6.45, 7) is 10.1. The fourth-order valence-corrected chi connectivity index (χ4v) is 7.48. The summed E-state index contributed by atoms with van der Waals surface area (Å²) in [4.78, 5) is 27.3. The maximum atomic E-state index is 14.2. The van der Waals surface area contributed by atoms with Crippen LogP contribution in [0, 0.1) is 34.0 Å². The number of hydrogen-bond donors (Lipinski definition) is 2. The van der Waals surface area contributed by atoms with E-state index >= 15 is 0 Å². The predicted octanol–water partition coefficient (Wildman–Crippen LogP) is 4.33. The lowest BCUT2D eigenvalue weighted by Crippen LogP contribution is -2.62. The molecule has 5 rings (SSSR count). The van der Waals surface area contributed by atoms with Crippen molar-refractivity contribution in [3.05, 3.63) is 53.1 Å². The molecule has 1 aromatic rings. The van der Waals surface area contributed by atoms with Crippen molar-refractivity contribution in [2.24, 2.45) is 34.0 Å². The van der Waals surface area contributed by atoms with Crippen LogP contribution in [0.25, 0.3) is 6.08 Å². The lowest BCUT2D eigenvalue weighted by Gasteiger charge is -2.54. The maximum Gasteiger partial charge on any atom is 0.331 e. The molecule has 8 atom stereocenters. The number of allylic oxidation sites excluding steroid dienone is 1. The molecule has 0 radical (unpaired) electrons. The number of aliphatic hydroxyl groups is 2. The molecule has 1 aromatic carbocycles. The molecule has 4 aliphatic carbocycles. The first-order chi connectivity index (χ1) is 15.9. The van der Waals surface area contributed by atoms with E-state index in [0.717, 1.165) is 12.0 Å². The van der Waals surface area contributed by atoms with Gasteiger partial charge in [-0.1, -0.05) is 58.0 Å². The van der Waals surface area contributed by atoms with Crippen LogP contribution < -0.4 is 0 Å². The number of ketones is 1. The summed E-state index contributed by atoms with van der Waals surface area (Å²) < 4.78 is 6.20. The summed E-state index contributed by atoms with van der Waals surface area (Å²) in [6, 6.07) is 9.56. The smallest absolute Gasteiger partial charge is 0.331 e. The normalized spacial score (nSPS) is 42.6. The predicted molar refractivity (Wildman–Crippen MR) is 129 cm³/mol. The van der Waals surface area contributed by atoms with E-state index in [9.17, 15) is 19.8 Å². The standard InChI is InChI=1S/C29H36O5/c1-16-15-18-21(23(16)31)25(33)28(4)14-13-19-22(27(19,2)3)26(29(28,5)24(18)32)34-20(30)12-11-17-9-7-6-8-10-17/h6-12,16,19,22-23,25-26,31,33H,13-15H2,1-5H3/t16-,19-,22-,23-,25+,26+,28-,29-/m0/s1. The highest BCUT2D eigenvalue weighted by molar-refractivity contribution is 6.04. The van der Waals surface area contributed by atoms with Crippen molar-refractivity contribution in [3.63, 3.8) is 0 Å². The van der Waals surface area contributed by atoms with Gasteiger partial charge in [0, 0.05) is 23.0 Å². The molecular formula is C29H36O5. The van der Waals surface area contributed by atoms with Crippen molar-refractivity contribution in [2.45, 2.75) is 72.2 Å². The molecule has 0 spiro atoms. The van der Waals surface area contributed by atoms with Gasteiger partial charge in [-0.05, 0) is 60.6 Å². The highest BCUT2D eigenvalue weighted by Crippen LogP contribution is 2.72. The highest BCUT2D eigenvalue weighted by atomic mass is 16.5. The lowest BCUT2D eigenvalue weighted by atomic mass is 9.50. The summed E-state index contributed by atoms with van der Waals surface area (Å²) in [5.41, 5.74) is 0.00524. The van der Waals surface area contributed by atoms with E-state index in [-0.39, 0.29) is 23.0 Å². The van der Waals surface area contributed by atoms with E-state index < -0.39 is 35.1 Å². The van der Waals surface area contributed by atoms with Gasteiger partial charge in [-0.3, -0.25) is 4.79 Å². The third-order valence-electron chi connectivity index (χ3n) is 10.0. The zero-order valence-corrected chi connectivity index (χ0v) is 20.7. The van der Waals surface area contributed by atoms with E-state index in [1.807, 2.05) is 51.1 Å². The van der Waals surface area contributed by atoms with Gasteiger partial charge in [0.15, 0.2) is 5.78 Å². The fourth-order valence-electron chi connectivity index (χ4n) is 7.48. The van der Waals surface area contributed by atoms with Crippen molar-refractivity contribution in [3.8, 4) is 0 Å². The van der Waals surface area contributed by atoms with Crippen LogP contribution in [-0.4, -0.2) is 40.3 Å². The number of esters is 1. The van der Waals surface area contributed by atoms with Gasteiger partial charge in [0.2, 0.25) is 0 Å². The Hall–Kier alpha value is -2.24. The Morgan fingerprint density at radius 2 is 1.79 bits per heavy atom. The van der Waals surface area contributed by atoms with Crippen LogP contribution in [0.2, 0.25) is 0 Å². The Bertz CT molecular complexity index is 1080. The Morgan fingerprint density at radius 3 is 2.47 bits per heavy atom. The van der Waals surface area contributed by atoms with Crippen molar-refractivity contribution in [2.75, 3.05) is 0 Å². The minimum Gasteiger partial charge on any atom is -0.458 e. The van der Waals surface area contributed by atoms with Crippen molar-refractivity contribution in [1.29, 1.82) is 0 Å². The van der Waals surface area contributed by atoms with Crippen LogP contribution in [-0.2, 0) is 14.3 Å². The van der Waals surface area contributed by atoms with E-state index in [1.54, 1.807) is 6.08 Å². The highest BCUT2D eigenvalue weighted by Gasteiger charge is 2.75. The van der Waals surface area contributed by atoms with Crippen LogP contribution in [0.4, 0.5) is 0 Å². The second kappa shape index (κ2) is 7.63. The molecule has 34 heavy (non-hydrogen) atoms. The largest absolute Gasteiger partial charge is 0.458 e. The number of fused-ring (bicyclic) bond motifs is 2. The Morgan fingerprint density at radius 1 is 1.12 bits per heavy atom. The van der Waals surface area contributed by atoms with Crippen LogP contribution in [0.1, 0.15) is 59.4 Å². The summed E-state index contributed by atoms with van der Waals surface area (Å²) in [6.07, 6.45) is 2.72. The second-order valence-corrected chi connectivity index (χ2v) is 12.0. The Labute approximate surface area is 201 Å². The van der Waals surface area contributed by atoms with E-state index in [1.165, 1.54) is 6.08 Å². The molecule has 0 amide bonds. The molecule has 2 fully saturated rings. The average molecular weight is 465 g/mol. The van der Waals surface area contributed by atoms with Gasteiger partial charge < -0.3 is 14.9 Å². The van der Waals surface area contributed by atoms with Crippen LogP contribution in [0.15, 0.2) is 47.6 Å². The molecule has 2 saturated carbocycles. The quantitative estimate of drug-likeness (QED) is 0.514. The van der Waals surface area contributed by atoms with Gasteiger partial charge in [-0.2, -0.15) is 0 Å². The molecule has 5 heteroatoms. The van der Waals surface area contributed by atoms with E-state index in [4.69, 9.17) is 4.74 Å². The molecular weight excluding hydrogens is 428 g/mol. The van der Waals surface area contributed by atoms with Gasteiger partial charge in [0.1, 0.15) is 6.10 Å². The molecule has 5 nitrogen and oxygen atoms in total. The number of carbonyl (C=O) groups excluding carboxylic acids is 2. The number of hydrogen-bond acceptors (Lipinski definition) is 5. The van der Waals surface area contributed by atoms with Crippen LogP contribution in [0.5, 0.6) is 0 Å². The molecule has 0 heterocycles. The summed E-state index contributed by atoms with van der Waals surface area (Å²) in [5, 5.41) is 22.4. The fraction of sp³-hybridized carbons (Fsp3) is 0.586. The number of carbonyl (C=O) groups is 2. The van der Waals surface area contributed by atoms with Crippen LogP contribution in [0.3, 0.4) is 0 Å². The molecule has 0 unspecified atom stereocenters. The minimum absolute atomic E-state index is 0.0409. The third kappa shape index (κ3) is 3.06. The molecule has 0 bridgehead atoms. The monoisotopic (exact) mass is 464 g/mol. The summed E-state index contributed by atoms with van der Waals surface area (Å²) in [7, 11) is 0. The Balaban J connectivity index is 1.55. The maximum absolute atomic E-state index is 14.2. The molecule has 182 valence electrons. The van der Waals surface area contributed by atoms with Gasteiger partial charge in [-0.15, -0.1) is 0 Å². The van der Waals surface area contributed by atoms with Gasteiger partial charge >= 0.3 is 5.97 Å². The molecule has 0 aliphatic heterocycles. The van der Waals surface area contributed by atoms with Crippen molar-refractivity contribution < 1.29 is 24.5 Å². The summed E-state index contributed by atoms with van der Waals surface area (Å²) >= 11 is 0. The average Bonchev–Trinajstić information content (AvgIpc) is 3.25. The van der Waals surface area contributed by atoms with E-state index in [0.29, 0.717) is 29.9 Å². The third-order valence-corrected chi connectivity index (χ3v) is 10.0. The summed E-state index contributed by atoms with van der Waals surface area (Å²) in [5.74, 6) is -0.274. The first kappa shape index (κ1) is 23.5. The number of ether oxygens (including phenoxy) is 1. The Kier molecular flexibility index (Phi) is 5.27. The second-order valence-electron chi connectivity index (χ2n) is 12.0. The molecule has 4 aliphatic rings. The number of Topliss-reactive ketones (excluding diaryl/α,β-unsaturated/α-hetero) is 1. The van der Waals surface area contributed by atoms with Gasteiger partial charge in [0.05, 0.1) is 17.6 Å². The minimum atomic E-state index is -1.07. The van der Waals surface area contributed by atoms with Crippen molar-refractivity contribution >= 4 is 17.8 Å². The van der Waals surface area contributed by atoms with Crippen molar-refractivity contribution in [1.82, 2.24) is 0 Å². The zero-order valence-electron chi connectivity index (χ0n) is 20.7. The number of aliphatic hydroxyl groups excluding tert-OH is 2. The van der Waals surface area contributed by atoms with Gasteiger partial charge in [0.25, 0.3) is 0 Å². The SMILES string of the molecule is C[C@H]1CC2=C([C@H]1O)[C@@H](O)[C@]1(C)CC[C@H]3[C@@H]([C@@H](OC(=O)C=Cc4ccccc4)[C@]1(C)C2=O)C3(C)C. The van der Waals surface area contributed by atoms with E-state index in [2.05, 4.69) is 13.8 Å². The van der Waals surface area contributed by atoms with Crippen LogP contribution >= 0.6 is 0 Å². The first-order valence-electron chi connectivity index (χ1n) is 12.5. The topological polar surface area (TPSA) is 83.8 Å². The number of rotatable bonds is 3. The molecule has 2 N–H and O–H groups in total. The molecule has 0 saturated heterocycles. The lowest BCUT2D eigenvalue weighted by molar-refractivity contribution is -0.177. The molecule has 0 aromatic heterocycles.